The van der Waals surface area contributed by atoms with Crippen molar-refractivity contribution >= 4 is 45.8 Å². The van der Waals surface area contributed by atoms with Gasteiger partial charge in [0.05, 0.1) is 34.3 Å². The van der Waals surface area contributed by atoms with E-state index in [1.807, 2.05) is 21.3 Å². The summed E-state index contributed by atoms with van der Waals surface area (Å²) in [6, 6.07) is 8.25. The number of fused-ring (bicyclic) bond motifs is 1. The number of hydrogen-bond donors (Lipinski definition) is 0. The van der Waals surface area contributed by atoms with E-state index in [-0.39, 0.29) is 17.5 Å². The first kappa shape index (κ1) is 24.7. The van der Waals surface area contributed by atoms with Crippen LogP contribution >= 0.6 is 34.8 Å². The highest BCUT2D eigenvalue weighted by atomic mass is 35.5. The van der Waals surface area contributed by atoms with E-state index in [9.17, 15) is 9.18 Å². The summed E-state index contributed by atoms with van der Waals surface area (Å²) in [5.41, 5.74) is 2.92. The average Bonchev–Trinajstić information content (AvgIpc) is 3.05. The van der Waals surface area contributed by atoms with Crippen LogP contribution in [-0.2, 0) is 17.8 Å². The number of piperidine rings is 1. The molecule has 3 saturated heterocycles. The zero-order valence-corrected chi connectivity index (χ0v) is 22.1. The fourth-order valence-electron chi connectivity index (χ4n) is 5.94. The molecule has 3 aliphatic heterocycles. The van der Waals surface area contributed by atoms with Gasteiger partial charge in [-0.05, 0) is 42.7 Å². The summed E-state index contributed by atoms with van der Waals surface area (Å²) in [5, 5.41) is 1.35. The van der Waals surface area contributed by atoms with Crippen LogP contribution in [0.4, 0.5) is 4.39 Å². The number of hydrogen-bond acceptors (Lipinski definition) is 4. The van der Waals surface area contributed by atoms with E-state index in [0.29, 0.717) is 33.6 Å². The molecule has 1 spiro atoms. The van der Waals surface area contributed by atoms with Gasteiger partial charge in [0.25, 0.3) is 0 Å². The van der Waals surface area contributed by atoms with Gasteiger partial charge in [-0.2, -0.15) is 0 Å². The summed E-state index contributed by atoms with van der Waals surface area (Å²) in [6.07, 6.45) is 1.65. The summed E-state index contributed by atoms with van der Waals surface area (Å²) in [7, 11) is 0. The van der Waals surface area contributed by atoms with Gasteiger partial charge in [-0.3, -0.25) is 14.0 Å². The van der Waals surface area contributed by atoms with Gasteiger partial charge in [0.1, 0.15) is 5.82 Å². The number of ether oxygens (including phenoxy) is 1. The van der Waals surface area contributed by atoms with Gasteiger partial charge in [-0.15, -0.1) is 0 Å². The van der Waals surface area contributed by atoms with Crippen molar-refractivity contribution < 1.29 is 9.13 Å². The predicted octanol–water partition coefficient (Wildman–Crippen LogP) is 5.07. The molecule has 0 bridgehead atoms. The first-order chi connectivity index (χ1) is 17.3. The Hall–Kier alpha value is -1.61. The van der Waals surface area contributed by atoms with Gasteiger partial charge in [0.15, 0.2) is 0 Å². The summed E-state index contributed by atoms with van der Waals surface area (Å²) in [5.74, 6) is -0.331. The van der Waals surface area contributed by atoms with Crippen LogP contribution in [0.2, 0.25) is 15.1 Å². The molecule has 4 heterocycles. The van der Waals surface area contributed by atoms with Crippen molar-refractivity contribution in [3.63, 3.8) is 0 Å². The second-order valence-electron chi connectivity index (χ2n) is 10.5. The lowest BCUT2D eigenvalue weighted by Crippen LogP contribution is -2.66. The van der Waals surface area contributed by atoms with E-state index in [0.717, 1.165) is 75.4 Å². The SMILES string of the molecule is O=c1n(CCN2CC3(COC3)C2)c2cc(Cl)c(Cl)cc2n1C1CCN(Cc2ccc(F)cc2Cl)CC1. The molecule has 2 aromatic carbocycles. The average molecular weight is 554 g/mol. The maximum atomic E-state index is 13.7. The molecule has 0 radical (unpaired) electrons. The third-order valence-corrected chi connectivity index (χ3v) is 8.98. The molecule has 36 heavy (non-hydrogen) atoms. The summed E-state index contributed by atoms with van der Waals surface area (Å²) in [6.45, 7) is 7.48. The van der Waals surface area contributed by atoms with Crippen LogP contribution < -0.4 is 5.69 Å². The number of likely N-dealkylation sites (tertiary alicyclic amines) is 2. The van der Waals surface area contributed by atoms with Crippen molar-refractivity contribution in [3.05, 3.63) is 67.3 Å². The number of nitrogens with zero attached hydrogens (tertiary/aromatic N) is 4. The second-order valence-corrected chi connectivity index (χ2v) is 11.7. The molecule has 3 aliphatic rings. The highest BCUT2D eigenvalue weighted by Gasteiger charge is 2.48. The monoisotopic (exact) mass is 552 g/mol. The van der Waals surface area contributed by atoms with Crippen LogP contribution in [0.1, 0.15) is 24.4 Å². The van der Waals surface area contributed by atoms with Crippen LogP contribution in [0.5, 0.6) is 0 Å². The Bertz CT molecular complexity index is 1350. The lowest BCUT2D eigenvalue weighted by Gasteiger charge is -2.55. The van der Waals surface area contributed by atoms with E-state index in [2.05, 4.69) is 9.80 Å². The quantitative estimate of drug-likeness (QED) is 0.427. The van der Waals surface area contributed by atoms with E-state index in [1.165, 1.54) is 12.1 Å². The lowest BCUT2D eigenvalue weighted by atomic mass is 9.78. The maximum Gasteiger partial charge on any atom is 0.329 e. The molecule has 6 rings (SSSR count). The van der Waals surface area contributed by atoms with Crippen LogP contribution in [0.25, 0.3) is 11.0 Å². The molecule has 0 atom stereocenters. The minimum Gasteiger partial charge on any atom is -0.380 e. The zero-order chi connectivity index (χ0) is 25.0. The summed E-state index contributed by atoms with van der Waals surface area (Å²) < 4.78 is 22.5. The molecule has 0 N–H and O–H groups in total. The van der Waals surface area contributed by atoms with E-state index < -0.39 is 0 Å². The van der Waals surface area contributed by atoms with E-state index in [1.54, 1.807) is 6.07 Å². The standard InChI is InChI=1S/C26H28Cl3FN4O2/c27-20-9-18(30)2-1-17(20)12-31-5-3-19(4-6-31)34-24-11-22(29)21(28)10-23(24)33(25(34)35)8-7-32-13-26(14-32)15-36-16-26/h1-2,9-11,19H,3-8,12-16H2. The molecule has 3 aromatic rings. The fourth-order valence-corrected chi connectivity index (χ4v) is 6.48. The normalized spacial score (nSPS) is 20.7. The number of benzene rings is 2. The molecule has 0 amide bonds. The van der Waals surface area contributed by atoms with Crippen molar-refractivity contribution in [2.45, 2.75) is 32.0 Å². The van der Waals surface area contributed by atoms with Crippen molar-refractivity contribution in [1.29, 1.82) is 0 Å². The zero-order valence-electron chi connectivity index (χ0n) is 19.9. The molecule has 10 heteroatoms. The number of imidazole rings is 1. The Kier molecular flexibility index (Phi) is 6.59. The maximum absolute atomic E-state index is 13.7. The largest absolute Gasteiger partial charge is 0.380 e. The predicted molar refractivity (Wildman–Crippen MR) is 141 cm³/mol. The lowest BCUT2D eigenvalue weighted by molar-refractivity contribution is -0.189. The fraction of sp³-hybridized carbons (Fsp3) is 0.500. The minimum absolute atomic E-state index is 0.00873. The van der Waals surface area contributed by atoms with Gasteiger partial charge in [0.2, 0.25) is 0 Å². The van der Waals surface area contributed by atoms with Gasteiger partial charge >= 0.3 is 5.69 Å². The Labute approximate surface area is 224 Å². The van der Waals surface area contributed by atoms with Gasteiger partial charge in [-0.25, -0.2) is 9.18 Å². The van der Waals surface area contributed by atoms with Crippen molar-refractivity contribution in [3.8, 4) is 0 Å². The third-order valence-electron chi connectivity index (χ3n) is 7.91. The molecule has 0 saturated carbocycles. The third kappa shape index (κ3) is 4.48. The molecule has 192 valence electrons. The first-order valence-corrected chi connectivity index (χ1v) is 13.5. The van der Waals surface area contributed by atoms with Crippen molar-refractivity contribution in [2.24, 2.45) is 5.41 Å². The minimum atomic E-state index is -0.331. The number of aromatic nitrogens is 2. The highest BCUT2D eigenvalue weighted by molar-refractivity contribution is 6.42. The molecule has 1 aromatic heterocycles. The Morgan fingerprint density at radius 3 is 2.25 bits per heavy atom. The smallest absolute Gasteiger partial charge is 0.329 e. The molecule has 6 nitrogen and oxygen atoms in total. The molecule has 0 aliphatic carbocycles. The Morgan fingerprint density at radius 2 is 1.61 bits per heavy atom. The first-order valence-electron chi connectivity index (χ1n) is 12.4. The Morgan fingerprint density at radius 1 is 0.917 bits per heavy atom. The topological polar surface area (TPSA) is 42.6 Å². The van der Waals surface area contributed by atoms with E-state index >= 15 is 0 Å². The second kappa shape index (κ2) is 9.61. The molecule has 3 fully saturated rings. The van der Waals surface area contributed by atoms with Crippen LogP contribution in [0, 0.1) is 11.2 Å². The van der Waals surface area contributed by atoms with Crippen LogP contribution in [-0.4, -0.2) is 64.9 Å². The van der Waals surface area contributed by atoms with E-state index in [4.69, 9.17) is 39.5 Å². The summed E-state index contributed by atoms with van der Waals surface area (Å²) in [4.78, 5) is 18.4. The molecular formula is C26H28Cl3FN4O2. The van der Waals surface area contributed by atoms with Crippen LogP contribution in [0.3, 0.4) is 0 Å². The summed E-state index contributed by atoms with van der Waals surface area (Å²) >= 11 is 19.0. The van der Waals surface area contributed by atoms with Gasteiger partial charge in [0, 0.05) is 62.3 Å². The Balaban J connectivity index is 1.20. The van der Waals surface area contributed by atoms with Gasteiger partial charge in [-0.1, -0.05) is 40.9 Å². The molecule has 0 unspecified atom stereocenters. The van der Waals surface area contributed by atoms with Crippen molar-refractivity contribution in [2.75, 3.05) is 45.9 Å². The van der Waals surface area contributed by atoms with Crippen LogP contribution in [0.15, 0.2) is 35.1 Å². The van der Waals surface area contributed by atoms with Crippen molar-refractivity contribution in [1.82, 2.24) is 18.9 Å². The highest BCUT2D eigenvalue weighted by Crippen LogP contribution is 2.37. The number of halogens is 4. The molecular weight excluding hydrogens is 526 g/mol. The number of rotatable bonds is 6. The van der Waals surface area contributed by atoms with Gasteiger partial charge < -0.3 is 9.64 Å².